The number of nitrogens with zero attached hydrogens (tertiary/aromatic N) is 3. The number of rotatable bonds is 9. The van der Waals surface area contributed by atoms with E-state index in [0.29, 0.717) is 25.1 Å². The van der Waals surface area contributed by atoms with Crippen LogP contribution in [0, 0.1) is 11.7 Å². The molecule has 0 aliphatic carbocycles. The van der Waals surface area contributed by atoms with E-state index in [-0.39, 0.29) is 23.7 Å². The summed E-state index contributed by atoms with van der Waals surface area (Å²) in [6.45, 7) is 4.58. The van der Waals surface area contributed by atoms with Crippen LogP contribution in [0.3, 0.4) is 0 Å². The number of H-pyrrole nitrogens is 1. The molecule has 2 rings (SSSR count). The van der Waals surface area contributed by atoms with Crippen LogP contribution in [-0.2, 0) is 11.2 Å². The predicted molar refractivity (Wildman–Crippen MR) is 115 cm³/mol. The number of aromatic nitrogens is 2. The maximum atomic E-state index is 13.4. The second kappa shape index (κ2) is 10.8. The third-order valence-electron chi connectivity index (χ3n) is 4.78. The van der Waals surface area contributed by atoms with Crippen molar-refractivity contribution in [1.29, 1.82) is 0 Å². The molecule has 0 fully saturated rings. The summed E-state index contributed by atoms with van der Waals surface area (Å²) in [6, 6.07) is 7.40. The van der Waals surface area contributed by atoms with Crippen LogP contribution in [0.2, 0.25) is 0 Å². The Bertz CT molecular complexity index is 850. The molecule has 164 valence electrons. The van der Waals surface area contributed by atoms with Gasteiger partial charge < -0.3 is 15.1 Å². The summed E-state index contributed by atoms with van der Waals surface area (Å²) >= 11 is 0. The fraction of sp³-hybridized carbons (Fsp3) is 0.500. The van der Waals surface area contributed by atoms with E-state index in [1.54, 1.807) is 32.1 Å². The van der Waals surface area contributed by atoms with Crippen molar-refractivity contribution in [3.63, 3.8) is 0 Å². The van der Waals surface area contributed by atoms with Crippen LogP contribution >= 0.6 is 0 Å². The Balaban J connectivity index is 1.85. The van der Waals surface area contributed by atoms with E-state index in [9.17, 15) is 14.0 Å². The van der Waals surface area contributed by atoms with E-state index in [2.05, 4.69) is 15.5 Å². The molecule has 0 bridgehead atoms. The zero-order valence-corrected chi connectivity index (χ0v) is 18.4. The topological polar surface area (TPSA) is 81.3 Å². The molecule has 0 aliphatic heterocycles. The van der Waals surface area contributed by atoms with Gasteiger partial charge in [-0.3, -0.25) is 9.89 Å². The zero-order chi connectivity index (χ0) is 22.3. The van der Waals surface area contributed by atoms with Crippen molar-refractivity contribution in [3.05, 3.63) is 41.8 Å². The summed E-state index contributed by atoms with van der Waals surface area (Å²) < 4.78 is 13.4. The van der Waals surface area contributed by atoms with Crippen molar-refractivity contribution in [2.45, 2.75) is 39.2 Å². The van der Waals surface area contributed by atoms with E-state index in [1.807, 2.05) is 26.0 Å². The maximum Gasteiger partial charge on any atom is 0.317 e. The van der Waals surface area contributed by atoms with Gasteiger partial charge in [0.2, 0.25) is 5.91 Å². The van der Waals surface area contributed by atoms with Gasteiger partial charge in [-0.2, -0.15) is 5.10 Å². The minimum Gasteiger partial charge on any atom is -0.347 e. The highest BCUT2D eigenvalue weighted by Crippen LogP contribution is 2.19. The Labute approximate surface area is 177 Å². The zero-order valence-electron chi connectivity index (χ0n) is 18.4. The normalized spacial score (nSPS) is 12.0. The Morgan fingerprint density at radius 3 is 2.57 bits per heavy atom. The first-order chi connectivity index (χ1) is 14.2. The van der Waals surface area contributed by atoms with Crippen LogP contribution in [0.25, 0.3) is 11.3 Å². The van der Waals surface area contributed by atoms with Crippen molar-refractivity contribution in [1.82, 2.24) is 25.3 Å². The quantitative estimate of drug-likeness (QED) is 0.657. The molecule has 0 radical (unpaired) electrons. The maximum absolute atomic E-state index is 13.4. The summed E-state index contributed by atoms with van der Waals surface area (Å²) in [5, 5.41) is 10.1. The van der Waals surface area contributed by atoms with E-state index in [0.717, 1.165) is 17.7 Å². The molecule has 1 aromatic heterocycles. The van der Waals surface area contributed by atoms with Crippen LogP contribution < -0.4 is 5.32 Å². The van der Waals surface area contributed by atoms with Crippen molar-refractivity contribution in [3.8, 4) is 11.3 Å². The van der Waals surface area contributed by atoms with Gasteiger partial charge in [0.15, 0.2) is 0 Å². The molecule has 3 amide bonds. The summed E-state index contributed by atoms with van der Waals surface area (Å²) in [6.07, 6.45) is 2.02. The number of aromatic amines is 1. The van der Waals surface area contributed by atoms with Crippen LogP contribution in [-0.4, -0.2) is 65.7 Å². The second-order valence-electron chi connectivity index (χ2n) is 8.18. The molecule has 1 atom stereocenters. The number of carbonyl (C=O) groups excluding carboxylic acids is 2. The Kier molecular flexibility index (Phi) is 8.38. The molecule has 0 saturated carbocycles. The summed E-state index contributed by atoms with van der Waals surface area (Å²) in [4.78, 5) is 27.9. The van der Waals surface area contributed by atoms with Gasteiger partial charge in [0, 0.05) is 38.9 Å². The molecule has 0 aliphatic rings. The Morgan fingerprint density at radius 1 is 1.20 bits per heavy atom. The number of halogens is 1. The number of nitrogens with one attached hydrogen (secondary N) is 2. The molecule has 2 N–H and O–H groups in total. The fourth-order valence-electron chi connectivity index (χ4n) is 3.16. The third kappa shape index (κ3) is 6.86. The van der Waals surface area contributed by atoms with Gasteiger partial charge in [-0.15, -0.1) is 0 Å². The lowest BCUT2D eigenvalue weighted by atomic mass is 10.0. The standard InChI is InChI=1S/C22H32FN5O2/c1-15(2)12-20(21(29)27(3)4)24-22(30)28(5)11-7-10-18-14-19(26-25-18)16-8-6-9-17(23)13-16/h6,8-9,13-15,20H,7,10-12H2,1-5H3,(H,24,30)(H,25,26). The third-order valence-corrected chi connectivity index (χ3v) is 4.78. The molecule has 1 heterocycles. The number of hydrogen-bond donors (Lipinski definition) is 2. The highest BCUT2D eigenvalue weighted by molar-refractivity contribution is 5.86. The number of amides is 3. The van der Waals surface area contributed by atoms with Crippen molar-refractivity contribution < 1.29 is 14.0 Å². The molecule has 2 aromatic rings. The number of hydrogen-bond acceptors (Lipinski definition) is 3. The molecular formula is C22H32FN5O2. The second-order valence-corrected chi connectivity index (χ2v) is 8.18. The molecule has 0 saturated heterocycles. The van der Waals surface area contributed by atoms with Crippen molar-refractivity contribution in [2.24, 2.45) is 5.92 Å². The summed E-state index contributed by atoms with van der Waals surface area (Å²) in [5.74, 6) is -0.113. The Morgan fingerprint density at radius 2 is 1.93 bits per heavy atom. The average Bonchev–Trinajstić information content (AvgIpc) is 3.15. The molecule has 30 heavy (non-hydrogen) atoms. The van der Waals surface area contributed by atoms with Gasteiger partial charge in [-0.05, 0) is 43.4 Å². The molecular weight excluding hydrogens is 385 g/mol. The van der Waals surface area contributed by atoms with E-state index >= 15 is 0 Å². The van der Waals surface area contributed by atoms with Gasteiger partial charge >= 0.3 is 6.03 Å². The van der Waals surface area contributed by atoms with E-state index in [4.69, 9.17) is 0 Å². The van der Waals surface area contributed by atoms with Crippen LogP contribution in [0.15, 0.2) is 30.3 Å². The first-order valence-corrected chi connectivity index (χ1v) is 10.2. The van der Waals surface area contributed by atoms with E-state index < -0.39 is 6.04 Å². The van der Waals surface area contributed by atoms with Crippen LogP contribution in [0.4, 0.5) is 9.18 Å². The summed E-state index contributed by atoms with van der Waals surface area (Å²) in [5.41, 5.74) is 2.33. The fourth-order valence-corrected chi connectivity index (χ4v) is 3.16. The van der Waals surface area contributed by atoms with Gasteiger partial charge in [0.05, 0.1) is 5.69 Å². The average molecular weight is 418 g/mol. The monoisotopic (exact) mass is 417 g/mol. The molecule has 0 spiro atoms. The number of urea groups is 1. The molecule has 7 nitrogen and oxygen atoms in total. The first kappa shape index (κ1) is 23.4. The smallest absolute Gasteiger partial charge is 0.317 e. The molecule has 1 unspecified atom stereocenters. The number of aryl methyl sites for hydroxylation is 1. The minimum absolute atomic E-state index is 0.104. The SMILES string of the molecule is CC(C)CC(NC(=O)N(C)CCCc1cc(-c2cccc(F)c2)n[nH]1)C(=O)N(C)C. The van der Waals surface area contributed by atoms with E-state index in [1.165, 1.54) is 17.0 Å². The molecule has 1 aromatic carbocycles. The van der Waals surface area contributed by atoms with Crippen LogP contribution in [0.1, 0.15) is 32.4 Å². The lowest BCUT2D eigenvalue weighted by molar-refractivity contribution is -0.131. The Hall–Kier alpha value is -2.90. The number of benzene rings is 1. The summed E-state index contributed by atoms with van der Waals surface area (Å²) in [7, 11) is 5.09. The minimum atomic E-state index is -0.531. The highest BCUT2D eigenvalue weighted by atomic mass is 19.1. The van der Waals surface area contributed by atoms with Gasteiger partial charge in [0.25, 0.3) is 0 Å². The van der Waals surface area contributed by atoms with Crippen LogP contribution in [0.5, 0.6) is 0 Å². The highest BCUT2D eigenvalue weighted by Gasteiger charge is 2.24. The predicted octanol–water partition coefficient (Wildman–Crippen LogP) is 3.29. The largest absolute Gasteiger partial charge is 0.347 e. The lowest BCUT2D eigenvalue weighted by Gasteiger charge is -2.26. The van der Waals surface area contributed by atoms with Gasteiger partial charge in [0.1, 0.15) is 11.9 Å². The van der Waals surface area contributed by atoms with Gasteiger partial charge in [-0.25, -0.2) is 9.18 Å². The van der Waals surface area contributed by atoms with Crippen molar-refractivity contribution in [2.75, 3.05) is 27.7 Å². The van der Waals surface area contributed by atoms with Crippen molar-refractivity contribution >= 4 is 11.9 Å². The first-order valence-electron chi connectivity index (χ1n) is 10.2. The number of likely N-dealkylation sites (N-methyl/N-ethyl adjacent to an activating group) is 1. The molecule has 8 heteroatoms. The number of carbonyl (C=O) groups is 2. The lowest BCUT2D eigenvalue weighted by Crippen LogP contribution is -2.50. The van der Waals surface area contributed by atoms with Gasteiger partial charge in [-0.1, -0.05) is 26.0 Å².